The van der Waals surface area contributed by atoms with E-state index < -0.39 is 0 Å². The standard InChI is InChI=1S/C15H25N3/c1-4-8-16-15-10-13(7-9-17-15)18-14-6-5-11(2)12(14)3/h7,9-12,14H,4-6,8H2,1-3H3,(H2,16,17,18). The molecule has 0 aromatic carbocycles. The summed E-state index contributed by atoms with van der Waals surface area (Å²) in [5.74, 6) is 2.56. The van der Waals surface area contributed by atoms with Crippen molar-refractivity contribution in [1.82, 2.24) is 4.98 Å². The summed E-state index contributed by atoms with van der Waals surface area (Å²) < 4.78 is 0. The van der Waals surface area contributed by atoms with E-state index in [2.05, 4.69) is 48.5 Å². The third-order valence-corrected chi connectivity index (χ3v) is 4.13. The fourth-order valence-electron chi connectivity index (χ4n) is 2.65. The van der Waals surface area contributed by atoms with Gasteiger partial charge in [-0.3, -0.25) is 0 Å². The van der Waals surface area contributed by atoms with Crippen molar-refractivity contribution >= 4 is 11.5 Å². The summed E-state index contributed by atoms with van der Waals surface area (Å²) in [5.41, 5.74) is 1.19. The van der Waals surface area contributed by atoms with E-state index in [9.17, 15) is 0 Å². The fourth-order valence-corrected chi connectivity index (χ4v) is 2.65. The molecule has 0 bridgehead atoms. The van der Waals surface area contributed by atoms with Gasteiger partial charge < -0.3 is 10.6 Å². The van der Waals surface area contributed by atoms with Gasteiger partial charge in [0.25, 0.3) is 0 Å². The molecule has 3 atom stereocenters. The molecule has 1 aromatic heterocycles. The minimum absolute atomic E-state index is 0.612. The monoisotopic (exact) mass is 247 g/mol. The van der Waals surface area contributed by atoms with Gasteiger partial charge in [-0.25, -0.2) is 4.98 Å². The first-order chi connectivity index (χ1) is 8.70. The summed E-state index contributed by atoms with van der Waals surface area (Å²) in [6, 6.07) is 4.79. The van der Waals surface area contributed by atoms with Crippen molar-refractivity contribution in [2.75, 3.05) is 17.2 Å². The molecule has 1 aliphatic rings. The highest BCUT2D eigenvalue weighted by Crippen LogP contribution is 2.33. The maximum Gasteiger partial charge on any atom is 0.127 e. The summed E-state index contributed by atoms with van der Waals surface area (Å²) in [5, 5.41) is 6.99. The van der Waals surface area contributed by atoms with E-state index in [1.54, 1.807) is 0 Å². The molecule has 18 heavy (non-hydrogen) atoms. The molecule has 3 heteroatoms. The van der Waals surface area contributed by atoms with Crippen molar-refractivity contribution in [3.05, 3.63) is 18.3 Å². The molecule has 0 saturated heterocycles. The first kappa shape index (κ1) is 13.2. The van der Waals surface area contributed by atoms with Crippen LogP contribution in [0.4, 0.5) is 11.5 Å². The Morgan fingerprint density at radius 3 is 2.83 bits per heavy atom. The predicted molar refractivity (Wildman–Crippen MR) is 78.0 cm³/mol. The zero-order chi connectivity index (χ0) is 13.0. The molecule has 0 spiro atoms. The number of hydrogen-bond donors (Lipinski definition) is 2. The smallest absolute Gasteiger partial charge is 0.127 e. The second-order valence-corrected chi connectivity index (χ2v) is 5.52. The second kappa shape index (κ2) is 6.07. The zero-order valence-corrected chi connectivity index (χ0v) is 11.7. The second-order valence-electron chi connectivity index (χ2n) is 5.52. The lowest BCUT2D eigenvalue weighted by atomic mass is 9.98. The summed E-state index contributed by atoms with van der Waals surface area (Å²) in [6.45, 7) is 7.85. The fraction of sp³-hybridized carbons (Fsp3) is 0.667. The first-order valence-corrected chi connectivity index (χ1v) is 7.17. The molecule has 0 aliphatic heterocycles. The Morgan fingerprint density at radius 1 is 1.33 bits per heavy atom. The van der Waals surface area contributed by atoms with Crippen LogP contribution in [0.1, 0.15) is 40.0 Å². The first-order valence-electron chi connectivity index (χ1n) is 7.17. The summed E-state index contributed by atoms with van der Waals surface area (Å²) in [7, 11) is 0. The topological polar surface area (TPSA) is 37.0 Å². The molecule has 3 unspecified atom stereocenters. The van der Waals surface area contributed by atoms with Gasteiger partial charge in [0, 0.05) is 30.5 Å². The van der Waals surface area contributed by atoms with Crippen LogP contribution in [-0.4, -0.2) is 17.6 Å². The number of rotatable bonds is 5. The van der Waals surface area contributed by atoms with E-state index >= 15 is 0 Å². The van der Waals surface area contributed by atoms with Crippen LogP contribution in [0.5, 0.6) is 0 Å². The molecule has 0 amide bonds. The number of anilines is 2. The van der Waals surface area contributed by atoms with E-state index in [1.165, 1.54) is 18.5 Å². The molecule has 1 aromatic rings. The normalized spacial score (nSPS) is 27.2. The Bertz CT molecular complexity index is 378. The molecular formula is C15H25N3. The van der Waals surface area contributed by atoms with E-state index in [0.717, 1.165) is 30.6 Å². The molecule has 1 heterocycles. The molecule has 1 fully saturated rings. The lowest BCUT2D eigenvalue weighted by molar-refractivity contribution is 0.435. The molecule has 2 rings (SSSR count). The van der Waals surface area contributed by atoms with Gasteiger partial charge in [-0.2, -0.15) is 0 Å². The molecule has 1 aliphatic carbocycles. The van der Waals surface area contributed by atoms with Crippen molar-refractivity contribution in [1.29, 1.82) is 0 Å². The third-order valence-electron chi connectivity index (χ3n) is 4.13. The molecule has 3 nitrogen and oxygen atoms in total. The van der Waals surface area contributed by atoms with Crippen LogP contribution in [-0.2, 0) is 0 Å². The summed E-state index contributed by atoms with van der Waals surface area (Å²) >= 11 is 0. The minimum atomic E-state index is 0.612. The lowest BCUT2D eigenvalue weighted by Gasteiger charge is -2.21. The zero-order valence-electron chi connectivity index (χ0n) is 11.7. The van der Waals surface area contributed by atoms with E-state index in [-0.39, 0.29) is 0 Å². The quantitative estimate of drug-likeness (QED) is 0.832. The maximum atomic E-state index is 4.33. The van der Waals surface area contributed by atoms with Crippen LogP contribution in [0.25, 0.3) is 0 Å². The number of nitrogens with zero attached hydrogens (tertiary/aromatic N) is 1. The summed E-state index contributed by atoms with van der Waals surface area (Å²) in [4.78, 5) is 4.33. The van der Waals surface area contributed by atoms with Crippen molar-refractivity contribution in [3.63, 3.8) is 0 Å². The van der Waals surface area contributed by atoms with Gasteiger partial charge in [0.15, 0.2) is 0 Å². The van der Waals surface area contributed by atoms with Crippen LogP contribution < -0.4 is 10.6 Å². The van der Waals surface area contributed by atoms with Crippen molar-refractivity contribution in [2.24, 2.45) is 11.8 Å². The van der Waals surface area contributed by atoms with Gasteiger partial charge in [0.05, 0.1) is 0 Å². The highest BCUT2D eigenvalue weighted by atomic mass is 15.0. The van der Waals surface area contributed by atoms with E-state index in [4.69, 9.17) is 0 Å². The van der Waals surface area contributed by atoms with Crippen LogP contribution in [0.2, 0.25) is 0 Å². The Kier molecular flexibility index (Phi) is 4.45. The number of hydrogen-bond acceptors (Lipinski definition) is 3. The Morgan fingerprint density at radius 2 is 2.17 bits per heavy atom. The molecule has 1 saturated carbocycles. The van der Waals surface area contributed by atoms with Crippen molar-refractivity contribution < 1.29 is 0 Å². The SMILES string of the molecule is CCCNc1cc(NC2CCC(C)C2C)ccn1. The van der Waals surface area contributed by atoms with Gasteiger partial charge in [0.2, 0.25) is 0 Å². The highest BCUT2D eigenvalue weighted by molar-refractivity contribution is 5.52. The van der Waals surface area contributed by atoms with Gasteiger partial charge >= 0.3 is 0 Å². The Labute approximate surface area is 110 Å². The molecule has 0 radical (unpaired) electrons. The van der Waals surface area contributed by atoms with Crippen LogP contribution in [0, 0.1) is 11.8 Å². The maximum absolute atomic E-state index is 4.33. The number of aromatic nitrogens is 1. The highest BCUT2D eigenvalue weighted by Gasteiger charge is 2.29. The van der Waals surface area contributed by atoms with E-state index in [1.807, 2.05) is 6.20 Å². The molecule has 2 N–H and O–H groups in total. The largest absolute Gasteiger partial charge is 0.382 e. The van der Waals surface area contributed by atoms with Crippen molar-refractivity contribution in [2.45, 2.75) is 46.1 Å². The molecule has 100 valence electrons. The van der Waals surface area contributed by atoms with Gasteiger partial charge in [-0.15, -0.1) is 0 Å². The van der Waals surface area contributed by atoms with E-state index in [0.29, 0.717) is 6.04 Å². The summed E-state index contributed by atoms with van der Waals surface area (Å²) in [6.07, 6.45) is 5.62. The van der Waals surface area contributed by atoms with Gasteiger partial charge in [-0.1, -0.05) is 20.8 Å². The van der Waals surface area contributed by atoms with Crippen molar-refractivity contribution in [3.8, 4) is 0 Å². The minimum Gasteiger partial charge on any atom is -0.382 e. The van der Waals surface area contributed by atoms with Gasteiger partial charge in [-0.05, 0) is 37.2 Å². The average molecular weight is 247 g/mol. The number of pyridine rings is 1. The van der Waals surface area contributed by atoms with Crippen LogP contribution >= 0.6 is 0 Å². The van der Waals surface area contributed by atoms with Gasteiger partial charge in [0.1, 0.15) is 5.82 Å². The van der Waals surface area contributed by atoms with Crippen LogP contribution in [0.15, 0.2) is 18.3 Å². The average Bonchev–Trinajstić information content (AvgIpc) is 2.69. The predicted octanol–water partition coefficient (Wildman–Crippen LogP) is 3.75. The van der Waals surface area contributed by atoms with Crippen LogP contribution in [0.3, 0.4) is 0 Å². The Balaban J connectivity index is 1.96. The number of nitrogens with one attached hydrogen (secondary N) is 2. The lowest BCUT2D eigenvalue weighted by Crippen LogP contribution is -2.24. The Hall–Kier alpha value is -1.25. The third kappa shape index (κ3) is 3.15. The molecular weight excluding hydrogens is 222 g/mol.